The van der Waals surface area contributed by atoms with Crippen molar-refractivity contribution in [3.63, 3.8) is 0 Å². The Morgan fingerprint density at radius 1 is 0.319 bits per heavy atom. The Kier molecular flexibility index (Phi) is 18.4. The quantitative estimate of drug-likeness (QED) is 0.117. The predicted molar refractivity (Wildman–Crippen MR) is 303 cm³/mol. The van der Waals surface area contributed by atoms with Crippen LogP contribution in [0, 0.1) is 38.2 Å². The number of aromatic nitrogens is 6. The maximum atomic E-state index is 13.8. The van der Waals surface area contributed by atoms with Crippen LogP contribution in [0.25, 0.3) is 33.8 Å². The van der Waals surface area contributed by atoms with Gasteiger partial charge in [-0.05, 0) is 12.1 Å². The van der Waals surface area contributed by atoms with E-state index in [0.29, 0.717) is 22.4 Å². The topological polar surface area (TPSA) is 114 Å². The van der Waals surface area contributed by atoms with E-state index >= 15 is 0 Å². The number of nitrogens with one attached hydrogen (secondary N) is 2. The van der Waals surface area contributed by atoms with Crippen molar-refractivity contribution in [2.75, 3.05) is 30.2 Å². The van der Waals surface area contributed by atoms with Crippen LogP contribution >= 0.6 is 0 Å². The minimum absolute atomic E-state index is 0. The third-order valence-electron chi connectivity index (χ3n) is 13.6. The molecule has 31 heteroatoms. The van der Waals surface area contributed by atoms with Gasteiger partial charge in [0.2, 0.25) is 17.5 Å². The van der Waals surface area contributed by atoms with Crippen molar-refractivity contribution in [3.8, 4) is 33.8 Å². The van der Waals surface area contributed by atoms with Crippen molar-refractivity contribution in [3.05, 3.63) is 248 Å². The average Bonchev–Trinajstić information content (AvgIpc) is 1.58. The number of para-hydroxylation sites is 1. The molecule has 0 atom stereocenters. The first-order chi connectivity index (χ1) is 43.9. The second kappa shape index (κ2) is 25.8. The monoisotopic (exact) mass is 1490 g/mol. The van der Waals surface area contributed by atoms with E-state index in [9.17, 15) is 79.0 Å². The summed E-state index contributed by atoms with van der Waals surface area (Å²) < 4.78 is 237. The second-order valence-corrected chi connectivity index (χ2v) is 19.7. The molecule has 6 heterocycles. The first-order valence-corrected chi connectivity index (χ1v) is 26.6. The molecule has 2 N–H and O–H groups in total. The fourth-order valence-electron chi connectivity index (χ4n) is 9.30. The van der Waals surface area contributed by atoms with Crippen LogP contribution in [0.5, 0.6) is 0 Å². The third kappa shape index (κ3) is 14.3. The molecule has 0 aliphatic carbocycles. The van der Waals surface area contributed by atoms with E-state index in [1.165, 1.54) is 34.7 Å². The van der Waals surface area contributed by atoms with Gasteiger partial charge in [0.15, 0.2) is 0 Å². The molecule has 10 aromatic rings. The first kappa shape index (κ1) is 66.9. The van der Waals surface area contributed by atoms with Crippen molar-refractivity contribution in [2.24, 2.45) is 0 Å². The summed E-state index contributed by atoms with van der Waals surface area (Å²) in [5.74, 6) is -4.49. The van der Waals surface area contributed by atoms with Gasteiger partial charge >= 0.3 is 37.1 Å². The summed E-state index contributed by atoms with van der Waals surface area (Å²) in [7, 11) is 0. The second-order valence-electron chi connectivity index (χ2n) is 19.7. The smallest absolute Gasteiger partial charge is 0.451 e. The summed E-state index contributed by atoms with van der Waals surface area (Å²) in [5.41, 5.74) is 0.116. The zero-order chi connectivity index (χ0) is 66.4. The standard InChI is InChI=1S/C25H14F6N4.2C19H10F6N4.Ir/c26-24(27,28)17-11-13-19(14-12-17)35-15-34(18-9-5-2-6-10-18)21-20(16-7-3-1-4-8-16)32-23(25(29,30)31)33-22(21)35;2*20-18(21,22)12-6-8-13(9-7-12)29-10-26-15-14(11-4-2-1-3-5-11)27-17(19(23,24)25)28-16(15)29;/h1-13,15H;2*1-8,10,26H;/q3*-2;. The number of rotatable bonds is 7. The molecule has 7 aromatic carbocycles. The zero-order valence-electron chi connectivity index (χ0n) is 46.6. The Balaban J connectivity index is 0.000000154. The molecule has 0 bridgehead atoms. The van der Waals surface area contributed by atoms with Gasteiger partial charge in [-0.2, -0.15) is 147 Å². The number of fused-ring (bicyclic) bond motifs is 3. The van der Waals surface area contributed by atoms with Gasteiger partial charge in [-0.15, -0.1) is 41.9 Å². The predicted octanol–water partition coefficient (Wildman–Crippen LogP) is 18.7. The molecule has 0 unspecified atom stereocenters. The van der Waals surface area contributed by atoms with E-state index in [4.69, 9.17) is 0 Å². The van der Waals surface area contributed by atoms with Gasteiger partial charge in [-0.1, -0.05) is 126 Å². The molecule has 3 aliphatic rings. The van der Waals surface area contributed by atoms with Gasteiger partial charge in [0, 0.05) is 42.5 Å². The van der Waals surface area contributed by atoms with Crippen LogP contribution < -0.4 is 30.2 Å². The Labute approximate surface area is 533 Å². The Hall–Kier alpha value is -10.0. The molecule has 0 fully saturated rings. The Morgan fingerprint density at radius 2 is 0.628 bits per heavy atom. The maximum absolute atomic E-state index is 13.8. The SMILES string of the molecule is FC(F)(F)c1c[c-]c(N2[CH-]N(c3ccccc3)c3c(-c4ccccc4)nc(C(F)(F)F)nc32)cc1.FC(F)(F)c1c[c-]c(N2[CH-]Nc3c(-c4ccccc4)nc(C(F)(F)F)nc32)cc1.FC(F)(F)c1c[c-]c(N2[CH-]Nc3c(-c4ccccc4)nc(C(F)(F)F)nc32)cc1.[Ir]. The van der Waals surface area contributed by atoms with E-state index in [0.717, 1.165) is 54.6 Å². The van der Waals surface area contributed by atoms with Crippen molar-refractivity contribution in [1.29, 1.82) is 0 Å². The summed E-state index contributed by atoms with van der Waals surface area (Å²) in [5, 5.41) is 5.61. The molecule has 1 radical (unpaired) electrons. The molecule has 3 aromatic heterocycles. The number of anilines is 10. The van der Waals surface area contributed by atoms with Crippen LogP contribution in [0.15, 0.2) is 176 Å². The molecular formula is C63H34F18IrN12-6. The molecule has 0 spiro atoms. The fraction of sp³-hybridized carbons (Fsp3) is 0.0952. The van der Waals surface area contributed by atoms with Crippen LogP contribution in [0.1, 0.15) is 34.2 Å². The van der Waals surface area contributed by atoms with Gasteiger partial charge < -0.3 is 30.2 Å². The van der Waals surface area contributed by atoms with E-state index in [1.54, 1.807) is 126 Å². The van der Waals surface area contributed by atoms with Gasteiger partial charge in [0.25, 0.3) is 0 Å². The minimum atomic E-state index is -4.85. The average molecular weight is 1490 g/mol. The summed E-state index contributed by atoms with van der Waals surface area (Å²) in [4.78, 5) is 27.4. The van der Waals surface area contributed by atoms with Gasteiger partial charge in [-0.3, -0.25) is 0 Å². The molecule has 13 rings (SSSR count). The first-order valence-electron chi connectivity index (χ1n) is 26.6. The van der Waals surface area contributed by atoms with Crippen LogP contribution in [-0.4, -0.2) is 29.9 Å². The van der Waals surface area contributed by atoms with E-state index in [-0.39, 0.29) is 88.8 Å². The normalized spacial score (nSPS) is 13.7. The maximum Gasteiger partial charge on any atom is 0.451 e. The fourth-order valence-corrected chi connectivity index (χ4v) is 9.30. The molecule has 0 amide bonds. The number of alkyl halides is 18. The number of benzene rings is 7. The number of hydrogen-bond acceptors (Lipinski definition) is 12. The van der Waals surface area contributed by atoms with E-state index in [1.807, 2.05) is 0 Å². The number of hydrogen-bond donors (Lipinski definition) is 2. The van der Waals surface area contributed by atoms with Crippen molar-refractivity contribution in [1.82, 2.24) is 29.9 Å². The molecule has 12 nitrogen and oxygen atoms in total. The third-order valence-corrected chi connectivity index (χ3v) is 13.6. The molecule has 3 aliphatic heterocycles. The van der Waals surface area contributed by atoms with Crippen LogP contribution in [0.3, 0.4) is 0 Å². The summed E-state index contributed by atoms with van der Waals surface area (Å²) in [6, 6.07) is 48.9. The van der Waals surface area contributed by atoms with E-state index in [2.05, 4.69) is 58.7 Å². The molecule has 94 heavy (non-hydrogen) atoms. The molecule has 487 valence electrons. The molecule has 0 saturated carbocycles. The zero-order valence-corrected chi connectivity index (χ0v) is 49.0. The number of halogens is 18. The van der Waals surface area contributed by atoms with Crippen LogP contribution in [-0.2, 0) is 57.2 Å². The summed E-state index contributed by atoms with van der Waals surface area (Å²) >= 11 is 0. The Bertz CT molecular complexity index is 4110. The van der Waals surface area contributed by atoms with Crippen molar-refractivity contribution in [2.45, 2.75) is 37.1 Å². The Morgan fingerprint density at radius 3 is 0.947 bits per heavy atom. The molecular weight excluding hydrogens is 1460 g/mol. The van der Waals surface area contributed by atoms with Crippen molar-refractivity contribution < 1.29 is 99.1 Å². The van der Waals surface area contributed by atoms with Gasteiger partial charge in [0.1, 0.15) is 17.5 Å². The van der Waals surface area contributed by atoms with Gasteiger partial charge in [0.05, 0.1) is 34.1 Å². The summed E-state index contributed by atoms with van der Waals surface area (Å²) in [6.07, 6.45) is -28.1. The number of nitrogens with zero attached hydrogens (tertiary/aromatic N) is 10. The minimum Gasteiger partial charge on any atom is -0.511 e. The van der Waals surface area contributed by atoms with E-state index < -0.39 is 71.2 Å². The van der Waals surface area contributed by atoms with Crippen LogP contribution in [0.4, 0.5) is 136 Å². The molecule has 0 saturated heterocycles. The largest absolute Gasteiger partial charge is 0.511 e. The van der Waals surface area contributed by atoms with Gasteiger partial charge in [-0.25, -0.2) is 29.9 Å². The van der Waals surface area contributed by atoms with Crippen molar-refractivity contribution >= 4 is 57.3 Å². The van der Waals surface area contributed by atoms with Crippen LogP contribution in [0.2, 0.25) is 0 Å². The summed E-state index contributed by atoms with van der Waals surface area (Å²) in [6.45, 7) is 4.05.